The summed E-state index contributed by atoms with van der Waals surface area (Å²) in [5.74, 6) is 0.213. The fraction of sp³-hybridized carbons (Fsp3) is 0.0588. The van der Waals surface area contributed by atoms with E-state index in [1.54, 1.807) is 18.2 Å². The molecule has 0 saturated heterocycles. The normalized spacial score (nSPS) is 10.7. The SMILES string of the molecule is Oc1cccc(Cl)c1CNc1cccc2ccccc12. The van der Waals surface area contributed by atoms with Gasteiger partial charge in [-0.15, -0.1) is 0 Å². The molecule has 3 aromatic rings. The van der Waals surface area contributed by atoms with Gasteiger partial charge in [0.2, 0.25) is 0 Å². The molecule has 3 rings (SSSR count). The number of phenolic OH excluding ortho intramolecular Hbond substituents is 1. The van der Waals surface area contributed by atoms with Gasteiger partial charge in [0.15, 0.2) is 0 Å². The van der Waals surface area contributed by atoms with Crippen LogP contribution in [-0.4, -0.2) is 5.11 Å². The molecule has 0 aliphatic heterocycles. The number of anilines is 1. The number of aromatic hydroxyl groups is 1. The van der Waals surface area contributed by atoms with Crippen molar-refractivity contribution < 1.29 is 5.11 Å². The molecule has 100 valence electrons. The molecule has 0 aliphatic carbocycles. The molecule has 0 saturated carbocycles. The Morgan fingerprint density at radius 1 is 0.900 bits per heavy atom. The van der Waals surface area contributed by atoms with E-state index in [1.807, 2.05) is 24.3 Å². The Bertz CT molecular complexity index is 729. The number of hydrogen-bond donors (Lipinski definition) is 2. The van der Waals surface area contributed by atoms with E-state index >= 15 is 0 Å². The number of rotatable bonds is 3. The molecule has 0 unspecified atom stereocenters. The highest BCUT2D eigenvalue weighted by Crippen LogP contribution is 2.28. The van der Waals surface area contributed by atoms with Crippen molar-refractivity contribution in [2.24, 2.45) is 0 Å². The molecule has 0 radical (unpaired) electrons. The second kappa shape index (κ2) is 5.43. The highest BCUT2D eigenvalue weighted by molar-refractivity contribution is 6.31. The van der Waals surface area contributed by atoms with Gasteiger partial charge >= 0.3 is 0 Å². The van der Waals surface area contributed by atoms with Crippen molar-refractivity contribution in [1.82, 2.24) is 0 Å². The number of hydrogen-bond acceptors (Lipinski definition) is 2. The minimum atomic E-state index is 0.213. The van der Waals surface area contributed by atoms with E-state index in [1.165, 1.54) is 5.39 Å². The lowest BCUT2D eigenvalue weighted by molar-refractivity contribution is 0.469. The molecule has 0 spiro atoms. The van der Waals surface area contributed by atoms with Gasteiger partial charge in [0, 0.05) is 28.2 Å². The van der Waals surface area contributed by atoms with Crippen LogP contribution in [0.15, 0.2) is 60.7 Å². The summed E-state index contributed by atoms with van der Waals surface area (Å²) in [5.41, 5.74) is 1.74. The van der Waals surface area contributed by atoms with Gasteiger partial charge in [0.25, 0.3) is 0 Å². The number of halogens is 1. The second-order valence-corrected chi connectivity index (χ2v) is 5.02. The summed E-state index contributed by atoms with van der Waals surface area (Å²) in [4.78, 5) is 0. The van der Waals surface area contributed by atoms with Crippen LogP contribution in [0, 0.1) is 0 Å². The molecule has 0 heterocycles. The largest absolute Gasteiger partial charge is 0.508 e. The average Bonchev–Trinajstić information content (AvgIpc) is 2.47. The first kappa shape index (κ1) is 12.8. The maximum Gasteiger partial charge on any atom is 0.122 e. The Morgan fingerprint density at radius 3 is 2.50 bits per heavy atom. The summed E-state index contributed by atoms with van der Waals surface area (Å²) in [5, 5.41) is 16.1. The maximum absolute atomic E-state index is 9.86. The third-order valence-electron chi connectivity index (χ3n) is 3.34. The van der Waals surface area contributed by atoms with Gasteiger partial charge in [-0.25, -0.2) is 0 Å². The lowest BCUT2D eigenvalue weighted by atomic mass is 10.1. The zero-order valence-electron chi connectivity index (χ0n) is 10.8. The highest BCUT2D eigenvalue weighted by atomic mass is 35.5. The van der Waals surface area contributed by atoms with E-state index < -0.39 is 0 Å². The van der Waals surface area contributed by atoms with E-state index in [-0.39, 0.29) is 5.75 Å². The van der Waals surface area contributed by atoms with Crippen molar-refractivity contribution in [2.45, 2.75) is 6.54 Å². The fourth-order valence-corrected chi connectivity index (χ4v) is 2.52. The van der Waals surface area contributed by atoms with E-state index in [2.05, 4.69) is 23.5 Å². The van der Waals surface area contributed by atoms with Crippen LogP contribution in [0.1, 0.15) is 5.56 Å². The predicted octanol–water partition coefficient (Wildman–Crippen LogP) is 4.81. The van der Waals surface area contributed by atoms with Crippen LogP contribution >= 0.6 is 11.6 Å². The minimum absolute atomic E-state index is 0.213. The van der Waals surface area contributed by atoms with Crippen LogP contribution in [0.5, 0.6) is 5.75 Å². The molecule has 3 aromatic carbocycles. The molecule has 0 amide bonds. The van der Waals surface area contributed by atoms with Crippen molar-refractivity contribution in [3.63, 3.8) is 0 Å². The van der Waals surface area contributed by atoms with Gasteiger partial charge in [-0.3, -0.25) is 0 Å². The average molecular weight is 284 g/mol. The van der Waals surface area contributed by atoms with Gasteiger partial charge in [-0.1, -0.05) is 54.1 Å². The summed E-state index contributed by atoms with van der Waals surface area (Å²) < 4.78 is 0. The summed E-state index contributed by atoms with van der Waals surface area (Å²) in [6.07, 6.45) is 0. The fourth-order valence-electron chi connectivity index (χ4n) is 2.29. The zero-order valence-corrected chi connectivity index (χ0v) is 11.6. The predicted molar refractivity (Wildman–Crippen MR) is 84.4 cm³/mol. The van der Waals surface area contributed by atoms with Crippen molar-refractivity contribution >= 4 is 28.1 Å². The van der Waals surface area contributed by atoms with Gasteiger partial charge in [0.05, 0.1) is 0 Å². The molecule has 0 aliphatic rings. The highest BCUT2D eigenvalue weighted by Gasteiger charge is 2.06. The lowest BCUT2D eigenvalue weighted by Crippen LogP contribution is -2.01. The van der Waals surface area contributed by atoms with Crippen LogP contribution in [0.4, 0.5) is 5.69 Å². The van der Waals surface area contributed by atoms with E-state index in [0.717, 1.165) is 11.1 Å². The minimum Gasteiger partial charge on any atom is -0.508 e. The van der Waals surface area contributed by atoms with Crippen LogP contribution in [0.25, 0.3) is 10.8 Å². The van der Waals surface area contributed by atoms with Crippen LogP contribution in [-0.2, 0) is 6.54 Å². The Balaban J connectivity index is 1.91. The van der Waals surface area contributed by atoms with Gasteiger partial charge < -0.3 is 10.4 Å². The Kier molecular flexibility index (Phi) is 3.48. The lowest BCUT2D eigenvalue weighted by Gasteiger charge is -2.12. The van der Waals surface area contributed by atoms with Crippen molar-refractivity contribution in [2.75, 3.05) is 5.32 Å². The summed E-state index contributed by atoms with van der Waals surface area (Å²) in [6.45, 7) is 0.486. The standard InChI is InChI=1S/C17H14ClNO/c18-15-8-4-10-17(20)14(15)11-19-16-9-3-6-12-5-1-2-7-13(12)16/h1-10,19-20H,11H2. The third-order valence-corrected chi connectivity index (χ3v) is 3.69. The first-order chi connectivity index (χ1) is 9.75. The summed E-state index contributed by atoms with van der Waals surface area (Å²) in [7, 11) is 0. The maximum atomic E-state index is 9.86. The van der Waals surface area contributed by atoms with Crippen LogP contribution in [0.2, 0.25) is 5.02 Å². The smallest absolute Gasteiger partial charge is 0.122 e. The monoisotopic (exact) mass is 283 g/mol. The number of phenols is 1. The number of fused-ring (bicyclic) bond motifs is 1. The number of nitrogens with one attached hydrogen (secondary N) is 1. The first-order valence-electron chi connectivity index (χ1n) is 6.44. The molecular weight excluding hydrogens is 270 g/mol. The Hall–Kier alpha value is -2.19. The summed E-state index contributed by atoms with van der Waals surface area (Å²) >= 11 is 6.11. The molecule has 2 nitrogen and oxygen atoms in total. The Morgan fingerprint density at radius 2 is 1.65 bits per heavy atom. The van der Waals surface area contributed by atoms with Crippen molar-refractivity contribution in [1.29, 1.82) is 0 Å². The molecule has 0 bridgehead atoms. The quantitative estimate of drug-likeness (QED) is 0.723. The zero-order chi connectivity index (χ0) is 13.9. The molecular formula is C17H14ClNO. The van der Waals surface area contributed by atoms with E-state index in [4.69, 9.17) is 11.6 Å². The topological polar surface area (TPSA) is 32.3 Å². The summed E-state index contributed by atoms with van der Waals surface area (Å²) in [6, 6.07) is 19.5. The van der Waals surface area contributed by atoms with Crippen LogP contribution < -0.4 is 5.32 Å². The first-order valence-corrected chi connectivity index (χ1v) is 6.81. The molecule has 0 fully saturated rings. The van der Waals surface area contributed by atoms with E-state index in [9.17, 15) is 5.11 Å². The molecule has 0 atom stereocenters. The van der Waals surface area contributed by atoms with Gasteiger partial charge in [-0.2, -0.15) is 0 Å². The number of benzene rings is 3. The third kappa shape index (κ3) is 2.43. The van der Waals surface area contributed by atoms with E-state index in [0.29, 0.717) is 17.1 Å². The van der Waals surface area contributed by atoms with Crippen molar-refractivity contribution in [3.8, 4) is 5.75 Å². The second-order valence-electron chi connectivity index (χ2n) is 4.62. The molecule has 3 heteroatoms. The van der Waals surface area contributed by atoms with Crippen molar-refractivity contribution in [3.05, 3.63) is 71.2 Å². The van der Waals surface area contributed by atoms with Crippen LogP contribution in [0.3, 0.4) is 0 Å². The molecule has 2 N–H and O–H groups in total. The molecule has 0 aromatic heterocycles. The Labute approximate surface area is 122 Å². The van der Waals surface area contributed by atoms with Gasteiger partial charge in [0.1, 0.15) is 5.75 Å². The van der Waals surface area contributed by atoms with Gasteiger partial charge in [-0.05, 0) is 23.6 Å². The molecule has 20 heavy (non-hydrogen) atoms.